The van der Waals surface area contributed by atoms with Gasteiger partial charge < -0.3 is 14.2 Å². The lowest BCUT2D eigenvalue weighted by Crippen LogP contribution is -2.19. The summed E-state index contributed by atoms with van der Waals surface area (Å²) in [5, 5.41) is 15.3. The molecule has 0 aliphatic carbocycles. The number of hydrazone groups is 1. The van der Waals surface area contributed by atoms with Gasteiger partial charge >= 0.3 is 0 Å². The van der Waals surface area contributed by atoms with E-state index in [0.29, 0.717) is 28.5 Å². The summed E-state index contributed by atoms with van der Waals surface area (Å²) in [6, 6.07) is 10.6. The molecule has 0 unspecified atom stereocenters. The van der Waals surface area contributed by atoms with Gasteiger partial charge in [-0.1, -0.05) is 12.1 Å². The van der Waals surface area contributed by atoms with E-state index in [9.17, 15) is 4.79 Å². The van der Waals surface area contributed by atoms with Crippen LogP contribution in [0, 0.1) is 0 Å². The van der Waals surface area contributed by atoms with Gasteiger partial charge in [0.25, 0.3) is 5.91 Å². The molecular weight excluding hydrogens is 376 g/mol. The van der Waals surface area contributed by atoms with Crippen molar-refractivity contribution < 1.29 is 19.0 Å². The third-order valence-corrected chi connectivity index (χ3v) is 4.13. The second-order valence-electron chi connectivity index (χ2n) is 5.86. The van der Waals surface area contributed by atoms with Crippen LogP contribution in [0.3, 0.4) is 0 Å². The van der Waals surface area contributed by atoms with E-state index in [2.05, 4.69) is 26.1 Å². The number of methoxy groups -OCH3 is 3. The van der Waals surface area contributed by atoms with E-state index < -0.39 is 5.91 Å². The topological polar surface area (TPSA) is 113 Å². The molecule has 0 saturated carbocycles. The van der Waals surface area contributed by atoms with E-state index in [-0.39, 0.29) is 0 Å². The molecule has 0 spiro atoms. The van der Waals surface area contributed by atoms with Gasteiger partial charge in [-0.2, -0.15) is 5.10 Å². The third kappa shape index (κ3) is 4.32. The number of benzene rings is 2. The Hall–Kier alpha value is -3.95. The van der Waals surface area contributed by atoms with Gasteiger partial charge in [-0.05, 0) is 47.2 Å². The number of amides is 1. The molecule has 10 heteroatoms. The summed E-state index contributed by atoms with van der Waals surface area (Å²) >= 11 is 0. The van der Waals surface area contributed by atoms with Crippen molar-refractivity contribution in [1.29, 1.82) is 0 Å². The molecule has 0 aliphatic rings. The average Bonchev–Trinajstić information content (AvgIpc) is 3.31. The quantitative estimate of drug-likeness (QED) is 0.479. The molecule has 3 aromatic rings. The number of carbonyl (C=O) groups is 1. The van der Waals surface area contributed by atoms with Crippen molar-refractivity contribution in [2.24, 2.45) is 5.10 Å². The number of carbonyl (C=O) groups excluding carboxylic acids is 1. The zero-order valence-electron chi connectivity index (χ0n) is 16.4. The van der Waals surface area contributed by atoms with Crippen molar-refractivity contribution in [2.45, 2.75) is 6.92 Å². The van der Waals surface area contributed by atoms with Gasteiger partial charge in [-0.25, -0.2) is 10.1 Å². The van der Waals surface area contributed by atoms with Crippen LogP contribution in [0.1, 0.15) is 22.8 Å². The molecule has 0 bridgehead atoms. The minimum atomic E-state index is -0.416. The number of hydrogen-bond donors (Lipinski definition) is 1. The number of nitrogens with one attached hydrogen (secondary N) is 1. The molecule has 29 heavy (non-hydrogen) atoms. The van der Waals surface area contributed by atoms with Gasteiger partial charge in [0.2, 0.25) is 5.75 Å². The molecular formula is C19H20N6O4. The van der Waals surface area contributed by atoms with Gasteiger partial charge in [0.05, 0.1) is 32.7 Å². The van der Waals surface area contributed by atoms with Crippen LogP contribution in [0.25, 0.3) is 5.69 Å². The lowest BCUT2D eigenvalue weighted by atomic mass is 10.1. The van der Waals surface area contributed by atoms with E-state index in [0.717, 1.165) is 11.3 Å². The van der Waals surface area contributed by atoms with E-state index in [1.54, 1.807) is 19.1 Å². The van der Waals surface area contributed by atoms with E-state index >= 15 is 0 Å². The molecule has 0 aliphatic heterocycles. The maximum absolute atomic E-state index is 12.6. The van der Waals surface area contributed by atoms with E-state index in [4.69, 9.17) is 14.2 Å². The van der Waals surface area contributed by atoms with Crippen LogP contribution in [0.5, 0.6) is 17.2 Å². The highest BCUT2D eigenvalue weighted by molar-refractivity contribution is 6.01. The Bertz CT molecular complexity index is 1010. The molecule has 2 aromatic carbocycles. The first-order valence-electron chi connectivity index (χ1n) is 8.55. The molecule has 150 valence electrons. The monoisotopic (exact) mass is 396 g/mol. The minimum Gasteiger partial charge on any atom is -0.493 e. The Balaban J connectivity index is 1.81. The van der Waals surface area contributed by atoms with Crippen molar-refractivity contribution >= 4 is 11.6 Å². The van der Waals surface area contributed by atoms with E-state index in [1.807, 2.05) is 24.3 Å². The Morgan fingerprint density at radius 1 is 1.03 bits per heavy atom. The predicted octanol–water partition coefficient (Wildman–Crippen LogP) is 1.84. The first-order valence-corrected chi connectivity index (χ1v) is 8.55. The zero-order valence-corrected chi connectivity index (χ0v) is 16.4. The summed E-state index contributed by atoms with van der Waals surface area (Å²) in [4.78, 5) is 12.6. The molecule has 1 N–H and O–H groups in total. The summed E-state index contributed by atoms with van der Waals surface area (Å²) in [5.74, 6) is 0.754. The first-order chi connectivity index (χ1) is 14.1. The molecule has 0 saturated heterocycles. The molecule has 3 rings (SSSR count). The number of hydrogen-bond acceptors (Lipinski definition) is 8. The van der Waals surface area contributed by atoms with Gasteiger partial charge in [0, 0.05) is 5.56 Å². The third-order valence-electron chi connectivity index (χ3n) is 4.13. The normalized spacial score (nSPS) is 11.1. The first kappa shape index (κ1) is 19.8. The molecule has 10 nitrogen and oxygen atoms in total. The van der Waals surface area contributed by atoms with Crippen LogP contribution in [0.15, 0.2) is 47.8 Å². The molecule has 0 atom stereocenters. The summed E-state index contributed by atoms with van der Waals surface area (Å²) in [6.45, 7) is 1.79. The number of ether oxygens (including phenoxy) is 3. The lowest BCUT2D eigenvalue weighted by molar-refractivity contribution is 0.0954. The summed E-state index contributed by atoms with van der Waals surface area (Å²) in [6.07, 6.45) is 1.50. The summed E-state index contributed by atoms with van der Waals surface area (Å²) in [5.41, 5.74) is 5.06. The van der Waals surface area contributed by atoms with Gasteiger partial charge in [-0.15, -0.1) is 5.10 Å². The largest absolute Gasteiger partial charge is 0.493 e. The second kappa shape index (κ2) is 8.83. The number of tetrazole rings is 1. The van der Waals surface area contributed by atoms with Crippen LogP contribution < -0.4 is 19.6 Å². The molecule has 0 radical (unpaired) electrons. The Morgan fingerprint density at radius 2 is 1.76 bits per heavy atom. The van der Waals surface area contributed by atoms with Crippen molar-refractivity contribution in [3.8, 4) is 22.9 Å². The fourth-order valence-corrected chi connectivity index (χ4v) is 2.63. The van der Waals surface area contributed by atoms with Gasteiger partial charge in [-0.3, -0.25) is 4.79 Å². The van der Waals surface area contributed by atoms with Crippen LogP contribution in [0.4, 0.5) is 0 Å². The number of nitrogens with zero attached hydrogens (tertiary/aromatic N) is 5. The number of aromatic nitrogens is 4. The van der Waals surface area contributed by atoms with Crippen molar-refractivity contribution in [3.05, 3.63) is 53.9 Å². The van der Waals surface area contributed by atoms with Crippen LogP contribution in [0.2, 0.25) is 0 Å². The van der Waals surface area contributed by atoms with Gasteiger partial charge in [0.15, 0.2) is 11.5 Å². The predicted molar refractivity (Wildman–Crippen MR) is 105 cm³/mol. The summed E-state index contributed by atoms with van der Waals surface area (Å²) < 4.78 is 17.3. The second-order valence-corrected chi connectivity index (χ2v) is 5.86. The Kier molecular flexibility index (Phi) is 6.03. The van der Waals surface area contributed by atoms with E-state index in [1.165, 1.54) is 32.3 Å². The molecule has 1 amide bonds. The molecule has 1 aromatic heterocycles. The molecule has 0 fully saturated rings. The minimum absolute atomic E-state index is 0.318. The Labute approximate surface area is 167 Å². The zero-order chi connectivity index (χ0) is 20.8. The summed E-state index contributed by atoms with van der Waals surface area (Å²) in [7, 11) is 4.47. The fourth-order valence-electron chi connectivity index (χ4n) is 2.63. The highest BCUT2D eigenvalue weighted by Gasteiger charge is 2.17. The Morgan fingerprint density at radius 3 is 2.34 bits per heavy atom. The highest BCUT2D eigenvalue weighted by atomic mass is 16.5. The molecule has 1 heterocycles. The number of rotatable bonds is 7. The van der Waals surface area contributed by atoms with Crippen molar-refractivity contribution in [1.82, 2.24) is 25.6 Å². The van der Waals surface area contributed by atoms with Gasteiger partial charge in [0.1, 0.15) is 6.33 Å². The maximum Gasteiger partial charge on any atom is 0.271 e. The van der Waals surface area contributed by atoms with Crippen molar-refractivity contribution in [3.63, 3.8) is 0 Å². The van der Waals surface area contributed by atoms with Crippen LogP contribution >= 0.6 is 0 Å². The van der Waals surface area contributed by atoms with Crippen molar-refractivity contribution in [2.75, 3.05) is 21.3 Å². The highest BCUT2D eigenvalue weighted by Crippen LogP contribution is 2.38. The SMILES string of the molecule is COc1cc(C(=O)N/N=C(\C)c2cccc(-n3cnnn3)c2)cc(OC)c1OC. The van der Waals surface area contributed by atoms with Crippen LogP contribution in [-0.4, -0.2) is 53.2 Å². The maximum atomic E-state index is 12.6. The lowest BCUT2D eigenvalue weighted by Gasteiger charge is -2.13. The fraction of sp³-hybridized carbons (Fsp3) is 0.211. The smallest absolute Gasteiger partial charge is 0.271 e. The van der Waals surface area contributed by atoms with Crippen LogP contribution in [-0.2, 0) is 0 Å². The standard InChI is InChI=1S/C19H20N6O4/c1-12(13-6-5-7-15(8-13)25-11-20-23-24-25)21-22-19(26)14-9-16(27-2)18(29-4)17(10-14)28-3/h5-11H,1-4H3,(H,22,26)/b21-12+. The average molecular weight is 396 g/mol.